The van der Waals surface area contributed by atoms with Crippen LogP contribution in [0.3, 0.4) is 0 Å². The van der Waals surface area contributed by atoms with Gasteiger partial charge in [-0.05, 0) is 340 Å². The minimum atomic E-state index is 0.151. The average Bonchev–Trinajstić information content (AvgIpc) is 1.71. The number of hydrogen-bond acceptors (Lipinski definition) is 23. The predicted molar refractivity (Wildman–Crippen MR) is 573 cm³/mol. The molecule has 0 saturated carbocycles. The van der Waals surface area contributed by atoms with E-state index in [0.29, 0.717) is 24.5 Å². The SMILES string of the molecule is CC(C)(C)NCCCC1=CCN=C1.CC(C)(C)NCCCc1ccc(N)nc1.CC(C)(C)NCCCc1cccnc1.CC(C)(C)NCCCc1cnc[nH]1.CC(C)(C)NCCCc1ncc[nH]1.CC(C)(C)NCCCc1ncn[nH]1.CC(C)(C)NCCOc1cccnc1.CC(C)NCc1ccc2nc[nH]c2c1.CC(C)NCc1ccc2nccn2c1.Cn1cncc1CCNC(C)(C)C. The molecule has 0 radical (unpaired) electrons. The molecule has 29 heteroatoms. The number of fused-ring (bicyclic) bond motifs is 2. The number of hydrogen-bond donors (Lipinski definition) is 15. The lowest BCUT2D eigenvalue weighted by Crippen LogP contribution is -2.38. The fourth-order valence-electron chi connectivity index (χ4n) is 12.4. The van der Waals surface area contributed by atoms with Gasteiger partial charge in [-0.2, -0.15) is 5.10 Å². The molecule has 0 bridgehead atoms. The summed E-state index contributed by atoms with van der Waals surface area (Å²) in [6.07, 6.45) is 47.8. The molecule has 1 aliphatic rings. The largest absolute Gasteiger partial charge is 0.491 e. The normalized spacial score (nSPS) is 12.1. The van der Waals surface area contributed by atoms with Crippen molar-refractivity contribution in [3.8, 4) is 5.75 Å². The lowest BCUT2D eigenvalue weighted by atomic mass is 10.1. The molecule has 0 atom stereocenters. The number of imidazole rings is 5. The molecule has 1 aromatic carbocycles. The van der Waals surface area contributed by atoms with Crippen molar-refractivity contribution in [2.75, 3.05) is 71.2 Å². The second-order valence-corrected chi connectivity index (χ2v) is 43.1. The zero-order valence-corrected chi connectivity index (χ0v) is 89.4. The molecule has 136 heavy (non-hydrogen) atoms. The molecule has 29 nitrogen and oxygen atoms in total. The number of aromatic nitrogens is 16. The highest BCUT2D eigenvalue weighted by Gasteiger charge is 2.15. The molecule has 0 unspecified atom stereocenters. The molecule has 0 fully saturated rings. The highest BCUT2D eigenvalue weighted by molar-refractivity contribution is 5.80. The minimum absolute atomic E-state index is 0.151. The Bertz CT molecular complexity index is 4480. The number of aromatic amines is 4. The second-order valence-electron chi connectivity index (χ2n) is 43.1. The molecule has 0 saturated heterocycles. The van der Waals surface area contributed by atoms with Crippen LogP contribution in [-0.4, -0.2) is 207 Å². The lowest BCUT2D eigenvalue weighted by Gasteiger charge is -2.20. The minimum Gasteiger partial charge on any atom is -0.491 e. The third kappa shape index (κ3) is 69.1. The number of rotatable bonds is 37. The van der Waals surface area contributed by atoms with Gasteiger partial charge >= 0.3 is 0 Å². The molecular formula is C107H184N28O. The van der Waals surface area contributed by atoms with Crippen molar-refractivity contribution in [3.63, 3.8) is 0 Å². The fraction of sp³-hybridized carbons (Fsp3) is 0.598. The van der Waals surface area contributed by atoms with Crippen LogP contribution >= 0.6 is 0 Å². The van der Waals surface area contributed by atoms with Gasteiger partial charge in [0.05, 0.1) is 42.8 Å². The van der Waals surface area contributed by atoms with E-state index in [0.717, 1.165) is 177 Å². The summed E-state index contributed by atoms with van der Waals surface area (Å²) >= 11 is 0. The first-order chi connectivity index (χ1) is 63.9. The average molecular weight is 1880 g/mol. The number of allylic oxidation sites excluding steroid dienone is 1. The van der Waals surface area contributed by atoms with Gasteiger partial charge < -0.3 is 87.6 Å². The number of aliphatic imine (C=N–C) groups is 1. The fourth-order valence-corrected chi connectivity index (χ4v) is 12.4. The maximum Gasteiger partial charge on any atom is 0.137 e. The van der Waals surface area contributed by atoms with E-state index in [1.165, 1.54) is 52.1 Å². The lowest BCUT2D eigenvalue weighted by molar-refractivity contribution is 0.290. The van der Waals surface area contributed by atoms with Gasteiger partial charge in [-0.1, -0.05) is 58.0 Å². The molecule has 758 valence electrons. The highest BCUT2D eigenvalue weighted by Crippen LogP contribution is 2.15. The maximum atomic E-state index is 5.52. The molecular weight excluding hydrogens is 1690 g/mol. The van der Waals surface area contributed by atoms with E-state index in [1.54, 1.807) is 37.6 Å². The van der Waals surface area contributed by atoms with Crippen LogP contribution in [0.4, 0.5) is 5.82 Å². The van der Waals surface area contributed by atoms with Gasteiger partial charge in [0.15, 0.2) is 0 Å². The summed E-state index contributed by atoms with van der Waals surface area (Å²) in [6.45, 7) is 72.4. The molecule has 16 N–H and O–H groups in total. The van der Waals surface area contributed by atoms with E-state index in [-0.39, 0.29) is 44.3 Å². The summed E-state index contributed by atoms with van der Waals surface area (Å²) in [4.78, 5) is 50.2. The van der Waals surface area contributed by atoms with Crippen molar-refractivity contribution in [2.24, 2.45) is 12.0 Å². The molecule has 0 spiro atoms. The Balaban J connectivity index is 0.000000389. The van der Waals surface area contributed by atoms with Crippen LogP contribution in [0.1, 0.15) is 284 Å². The third-order valence-electron chi connectivity index (χ3n) is 19.5. The topological polar surface area (TPSA) is 369 Å². The number of nitrogens with one attached hydrogen (secondary N) is 14. The van der Waals surface area contributed by atoms with Gasteiger partial charge in [0.2, 0.25) is 0 Å². The maximum absolute atomic E-state index is 5.52. The first kappa shape index (κ1) is 120. The van der Waals surface area contributed by atoms with E-state index >= 15 is 0 Å². The van der Waals surface area contributed by atoms with Gasteiger partial charge in [0.1, 0.15) is 41.8 Å². The Hall–Kier alpha value is -9.79. The van der Waals surface area contributed by atoms with Crippen molar-refractivity contribution in [3.05, 3.63) is 223 Å². The van der Waals surface area contributed by atoms with E-state index in [1.807, 2.05) is 116 Å². The number of anilines is 1. The monoisotopic (exact) mass is 1880 g/mol. The zero-order valence-electron chi connectivity index (χ0n) is 89.4. The van der Waals surface area contributed by atoms with Gasteiger partial charge in [-0.15, -0.1) is 0 Å². The first-order valence-electron chi connectivity index (χ1n) is 49.3. The van der Waals surface area contributed by atoms with Gasteiger partial charge in [0, 0.05) is 195 Å². The van der Waals surface area contributed by atoms with Crippen LogP contribution in [-0.2, 0) is 58.7 Å². The van der Waals surface area contributed by atoms with Gasteiger partial charge in [0.25, 0.3) is 0 Å². The van der Waals surface area contributed by atoms with Crippen LogP contribution < -0.4 is 63.6 Å². The van der Waals surface area contributed by atoms with Gasteiger partial charge in [-0.25, -0.2) is 34.9 Å². The number of ether oxygens (including phenoxy) is 1. The Morgan fingerprint density at radius 2 is 0.956 bits per heavy atom. The molecule has 1 aliphatic heterocycles. The van der Waals surface area contributed by atoms with Crippen molar-refractivity contribution < 1.29 is 4.74 Å². The van der Waals surface area contributed by atoms with Crippen molar-refractivity contribution in [1.29, 1.82) is 0 Å². The summed E-state index contributed by atoms with van der Waals surface area (Å²) in [6, 6.07) is 23.3. The number of aryl methyl sites for hydroxylation is 6. The quantitative estimate of drug-likeness (QED) is 0.0161. The molecule has 11 aromatic rings. The Kier molecular flexibility index (Phi) is 57.7. The van der Waals surface area contributed by atoms with Crippen LogP contribution in [0.25, 0.3) is 16.7 Å². The molecule has 0 amide bonds. The van der Waals surface area contributed by atoms with Crippen molar-refractivity contribution in [1.82, 2.24) is 132 Å². The number of nitrogens with zero attached hydrogens (tertiary/aromatic N) is 13. The highest BCUT2D eigenvalue weighted by atomic mass is 16.5. The zero-order chi connectivity index (χ0) is 101. The Morgan fingerprint density at radius 3 is 1.43 bits per heavy atom. The number of nitrogens with two attached hydrogens (primary N) is 1. The van der Waals surface area contributed by atoms with E-state index in [4.69, 9.17) is 10.5 Å². The molecule has 11 heterocycles. The number of H-pyrrole nitrogens is 4. The second kappa shape index (κ2) is 65.1. The summed E-state index contributed by atoms with van der Waals surface area (Å²) in [5.41, 5.74) is 19.4. The first-order valence-corrected chi connectivity index (χ1v) is 49.3. The van der Waals surface area contributed by atoms with Crippen LogP contribution in [0.15, 0.2) is 183 Å². The van der Waals surface area contributed by atoms with Crippen molar-refractivity contribution >= 4 is 28.7 Å². The number of benzene rings is 1. The molecule has 0 aliphatic carbocycles. The van der Waals surface area contributed by atoms with E-state index in [2.05, 4.69) is 363 Å². The summed E-state index contributed by atoms with van der Waals surface area (Å²) in [5, 5.41) is 40.9. The third-order valence-corrected chi connectivity index (χ3v) is 19.5. The summed E-state index contributed by atoms with van der Waals surface area (Å²) in [5.74, 6) is 3.46. The van der Waals surface area contributed by atoms with Crippen LogP contribution in [0, 0.1) is 0 Å². The summed E-state index contributed by atoms with van der Waals surface area (Å²) < 4.78 is 9.58. The van der Waals surface area contributed by atoms with E-state index < -0.39 is 0 Å². The van der Waals surface area contributed by atoms with Crippen LogP contribution in [0.5, 0.6) is 5.75 Å². The number of pyridine rings is 4. The van der Waals surface area contributed by atoms with Crippen molar-refractivity contribution in [2.45, 2.75) is 347 Å². The smallest absolute Gasteiger partial charge is 0.137 e. The van der Waals surface area contributed by atoms with Gasteiger partial charge in [-0.3, -0.25) is 20.1 Å². The summed E-state index contributed by atoms with van der Waals surface area (Å²) in [7, 11) is 2.03. The Labute approximate surface area is 820 Å². The molecule has 10 aromatic heterocycles. The molecule has 12 rings (SSSR count). The Morgan fingerprint density at radius 1 is 0.434 bits per heavy atom. The standard InChI is InChI=1S/C12H21N3.C12H20N2.2C11H15N3.C11H18N2O.C11H20N2.3C10H19N3.C9H18N4/c1-12(2,3)15-8-4-5-10-6-7-11(13)14-9-10;1-12(2,3)14-9-5-7-11-6-4-8-13-10-11;1-8(2)12-6-9-3-4-10-11(5-9)14-7-13-10;1-9(2)13-7-10-3-4-11-12-5-6-14(11)8-10;1-11(2,3)13-7-8-14-10-5-4-6-12-9-10;1-11(2,3)13-7-4-5-10-6-8-12-9-10;1-10(2,3)12-6-5-9-7-11-8-13(9)4;1-10(2,3)13-6-4-5-9-7-11-8-12-9;1-10(2,3)13-6-4-5-9-11-7-8-12-9;1-9(2,3)11-6-4-5-8-10-7-12-13-8/h6-7,9,15H,4-5,8H2,1-3H3,(H2,13,14);4,6,8,10,14H,5,7,9H2,1-3H3;3-5,7-8,12H,6H2,1-2H3,(H,13,14);3-6,8-9,13H,7H2,1-2H3;4-6,9,13H,7-8H2,1-3H3;6,9,13H,4-5,7-8H2,1-3H3;7-8,12H,5-6H2,1-4H3;2*7-8,13H,4-6H2,1-3H3,(H,11,12);7,11H,4-6H2,1-3H3,(H,10,12,13). The van der Waals surface area contributed by atoms with Crippen LogP contribution in [0.2, 0.25) is 0 Å². The number of nitrogen functional groups attached to an aromatic ring is 1. The predicted octanol–water partition coefficient (Wildman–Crippen LogP) is 18.2. The van der Waals surface area contributed by atoms with E-state index in [9.17, 15) is 0 Å².